The molecule has 1 aromatic heterocycles. The fourth-order valence-corrected chi connectivity index (χ4v) is 3.67. The van der Waals surface area contributed by atoms with E-state index in [0.717, 1.165) is 25.0 Å². The van der Waals surface area contributed by atoms with Gasteiger partial charge in [0.1, 0.15) is 0 Å². The molecule has 5 heteroatoms. The third kappa shape index (κ3) is 4.85. The average Bonchev–Trinajstić information content (AvgIpc) is 3.06. The summed E-state index contributed by atoms with van der Waals surface area (Å²) in [5.74, 6) is 1.70. The first-order valence-corrected chi connectivity index (χ1v) is 8.95. The van der Waals surface area contributed by atoms with E-state index in [1.807, 2.05) is 17.4 Å². The molecule has 2 rings (SSSR count). The zero-order chi connectivity index (χ0) is 15.8. The van der Waals surface area contributed by atoms with Crippen molar-refractivity contribution in [3.05, 3.63) is 35.0 Å². The van der Waals surface area contributed by atoms with E-state index in [4.69, 9.17) is 0 Å². The highest BCUT2D eigenvalue weighted by Crippen LogP contribution is 2.28. The molecular weight excluding hydrogens is 292 g/mol. The molecule has 0 spiro atoms. The van der Waals surface area contributed by atoms with Crippen molar-refractivity contribution in [1.82, 2.24) is 15.5 Å². The third-order valence-corrected chi connectivity index (χ3v) is 5.20. The summed E-state index contributed by atoms with van der Waals surface area (Å²) in [5.41, 5.74) is 0. The van der Waals surface area contributed by atoms with Crippen LogP contribution in [0.25, 0.3) is 0 Å². The second kappa shape index (κ2) is 8.96. The zero-order valence-corrected chi connectivity index (χ0v) is 14.5. The van der Waals surface area contributed by atoms with Gasteiger partial charge in [0.2, 0.25) is 0 Å². The van der Waals surface area contributed by atoms with Crippen LogP contribution < -0.4 is 10.6 Å². The van der Waals surface area contributed by atoms with Crippen molar-refractivity contribution < 1.29 is 0 Å². The average molecular weight is 321 g/mol. The molecule has 1 aliphatic heterocycles. The highest BCUT2D eigenvalue weighted by molar-refractivity contribution is 7.10. The van der Waals surface area contributed by atoms with Gasteiger partial charge < -0.3 is 10.6 Å². The van der Waals surface area contributed by atoms with Crippen molar-refractivity contribution in [3.63, 3.8) is 0 Å². The van der Waals surface area contributed by atoms with Crippen molar-refractivity contribution in [1.29, 1.82) is 0 Å². The number of nitrogens with one attached hydrogen (secondary N) is 2. The Balaban J connectivity index is 1.98. The number of piperidine rings is 1. The molecule has 0 amide bonds. The van der Waals surface area contributed by atoms with Gasteiger partial charge in [0, 0.05) is 25.0 Å². The fraction of sp³-hybridized carbons (Fsp3) is 0.588. The van der Waals surface area contributed by atoms with E-state index >= 15 is 0 Å². The molecule has 0 radical (unpaired) electrons. The van der Waals surface area contributed by atoms with E-state index in [1.54, 1.807) is 7.05 Å². The number of likely N-dealkylation sites (tertiary alicyclic amines) is 1. The molecule has 2 heterocycles. The largest absolute Gasteiger partial charge is 0.354 e. The van der Waals surface area contributed by atoms with E-state index < -0.39 is 0 Å². The summed E-state index contributed by atoms with van der Waals surface area (Å²) in [5, 5.41) is 8.86. The summed E-state index contributed by atoms with van der Waals surface area (Å²) in [7, 11) is 1.81. The van der Waals surface area contributed by atoms with Crippen LogP contribution in [0.15, 0.2) is 35.2 Å². The molecule has 0 aliphatic carbocycles. The van der Waals surface area contributed by atoms with E-state index in [2.05, 4.69) is 51.5 Å². The van der Waals surface area contributed by atoms with Crippen LogP contribution >= 0.6 is 11.3 Å². The van der Waals surface area contributed by atoms with Crippen molar-refractivity contribution >= 4 is 17.3 Å². The predicted octanol–water partition coefficient (Wildman–Crippen LogP) is 2.87. The molecule has 1 saturated heterocycles. The lowest BCUT2D eigenvalue weighted by Gasteiger charge is -2.36. The molecule has 2 N–H and O–H groups in total. The predicted molar refractivity (Wildman–Crippen MR) is 96.6 cm³/mol. The van der Waals surface area contributed by atoms with Crippen LogP contribution in [-0.4, -0.2) is 44.1 Å². The highest BCUT2D eigenvalue weighted by Gasteiger charge is 2.25. The van der Waals surface area contributed by atoms with Crippen molar-refractivity contribution in [2.24, 2.45) is 10.9 Å². The highest BCUT2D eigenvalue weighted by atomic mass is 32.1. The molecule has 1 aromatic rings. The Labute approximate surface area is 138 Å². The van der Waals surface area contributed by atoms with Crippen LogP contribution in [0.1, 0.15) is 30.7 Å². The Morgan fingerprint density at radius 2 is 2.27 bits per heavy atom. The third-order valence-electron chi connectivity index (χ3n) is 4.23. The lowest BCUT2D eigenvalue weighted by molar-refractivity contribution is 0.140. The molecular formula is C17H28N4S. The van der Waals surface area contributed by atoms with Gasteiger partial charge in [-0.25, -0.2) is 0 Å². The molecule has 0 bridgehead atoms. The molecule has 22 heavy (non-hydrogen) atoms. The Morgan fingerprint density at radius 1 is 1.50 bits per heavy atom. The monoisotopic (exact) mass is 320 g/mol. The number of thiophene rings is 1. The van der Waals surface area contributed by atoms with Crippen LogP contribution in [0.5, 0.6) is 0 Å². The number of rotatable bonds is 6. The van der Waals surface area contributed by atoms with Crippen molar-refractivity contribution in [2.45, 2.75) is 25.8 Å². The maximum Gasteiger partial charge on any atom is 0.191 e. The van der Waals surface area contributed by atoms with Crippen LogP contribution in [0, 0.1) is 5.92 Å². The Bertz CT molecular complexity index is 461. The van der Waals surface area contributed by atoms with Gasteiger partial charge in [-0.3, -0.25) is 9.89 Å². The minimum atomic E-state index is 0.426. The maximum atomic E-state index is 4.27. The minimum absolute atomic E-state index is 0.426. The van der Waals surface area contributed by atoms with Crippen LogP contribution in [-0.2, 0) is 0 Å². The van der Waals surface area contributed by atoms with Gasteiger partial charge in [-0.1, -0.05) is 19.1 Å². The standard InChI is InChI=1S/C17H28N4S/c1-4-9-19-17(18-3)20-13-15(16-6-5-12-22-16)21-10-7-14(2)8-11-21/h4-6,12,14-15H,1,7-11,13H2,2-3H3,(H2,18,19,20). The number of guanidine groups is 1. The molecule has 4 nitrogen and oxygen atoms in total. The molecule has 0 aromatic carbocycles. The van der Waals surface area contributed by atoms with Gasteiger partial charge in [0.05, 0.1) is 6.04 Å². The van der Waals surface area contributed by atoms with E-state index in [0.29, 0.717) is 6.04 Å². The molecule has 1 aliphatic rings. The van der Waals surface area contributed by atoms with E-state index in [9.17, 15) is 0 Å². The number of aliphatic imine (C=N–C) groups is 1. The fourth-order valence-electron chi connectivity index (χ4n) is 2.81. The second-order valence-corrected chi connectivity index (χ2v) is 6.85. The Kier molecular flexibility index (Phi) is 6.93. The van der Waals surface area contributed by atoms with Gasteiger partial charge in [-0.05, 0) is 43.3 Å². The van der Waals surface area contributed by atoms with E-state index in [-0.39, 0.29) is 0 Å². The SMILES string of the molecule is C=CCNC(=NC)NCC(c1cccs1)N1CCC(C)CC1. The molecule has 1 fully saturated rings. The maximum absolute atomic E-state index is 4.27. The normalized spacial score (nSPS) is 18.9. The van der Waals surface area contributed by atoms with Crippen molar-refractivity contribution in [3.8, 4) is 0 Å². The summed E-state index contributed by atoms with van der Waals surface area (Å²) in [6.07, 6.45) is 4.44. The van der Waals surface area contributed by atoms with Gasteiger partial charge in [-0.15, -0.1) is 17.9 Å². The first-order chi connectivity index (χ1) is 10.7. The summed E-state index contributed by atoms with van der Waals surface area (Å²) < 4.78 is 0. The van der Waals surface area contributed by atoms with Crippen LogP contribution in [0.2, 0.25) is 0 Å². The van der Waals surface area contributed by atoms with Crippen LogP contribution in [0.3, 0.4) is 0 Å². The smallest absolute Gasteiger partial charge is 0.191 e. The lowest BCUT2D eigenvalue weighted by Crippen LogP contribution is -2.45. The summed E-state index contributed by atoms with van der Waals surface area (Å²) >= 11 is 1.84. The lowest BCUT2D eigenvalue weighted by atomic mass is 9.97. The quantitative estimate of drug-likeness (QED) is 0.481. The summed E-state index contributed by atoms with van der Waals surface area (Å²) in [6, 6.07) is 4.81. The molecule has 0 saturated carbocycles. The zero-order valence-electron chi connectivity index (χ0n) is 13.7. The van der Waals surface area contributed by atoms with E-state index in [1.165, 1.54) is 30.8 Å². The Hall–Kier alpha value is -1.33. The first-order valence-electron chi connectivity index (χ1n) is 8.07. The number of hydrogen-bond acceptors (Lipinski definition) is 3. The summed E-state index contributed by atoms with van der Waals surface area (Å²) in [4.78, 5) is 8.31. The van der Waals surface area contributed by atoms with Gasteiger partial charge in [0.25, 0.3) is 0 Å². The number of nitrogens with zero attached hydrogens (tertiary/aromatic N) is 2. The van der Waals surface area contributed by atoms with Gasteiger partial charge >= 0.3 is 0 Å². The second-order valence-electron chi connectivity index (χ2n) is 5.87. The van der Waals surface area contributed by atoms with Crippen molar-refractivity contribution in [2.75, 3.05) is 33.2 Å². The van der Waals surface area contributed by atoms with Gasteiger partial charge in [-0.2, -0.15) is 0 Å². The molecule has 122 valence electrons. The summed E-state index contributed by atoms with van der Waals surface area (Å²) in [6.45, 7) is 10.1. The van der Waals surface area contributed by atoms with Crippen LogP contribution in [0.4, 0.5) is 0 Å². The number of hydrogen-bond donors (Lipinski definition) is 2. The molecule has 1 unspecified atom stereocenters. The first kappa shape index (κ1) is 17.0. The minimum Gasteiger partial charge on any atom is -0.354 e. The Morgan fingerprint density at radius 3 is 2.86 bits per heavy atom. The van der Waals surface area contributed by atoms with Gasteiger partial charge in [0.15, 0.2) is 5.96 Å². The topological polar surface area (TPSA) is 39.7 Å². The molecule has 1 atom stereocenters.